The van der Waals surface area contributed by atoms with Crippen molar-refractivity contribution in [3.63, 3.8) is 0 Å². The normalized spacial score (nSPS) is 19.7. The van der Waals surface area contributed by atoms with E-state index in [0.29, 0.717) is 19.6 Å². The van der Waals surface area contributed by atoms with Gasteiger partial charge in [-0.3, -0.25) is 14.4 Å². The Bertz CT molecular complexity index is 406. The summed E-state index contributed by atoms with van der Waals surface area (Å²) in [6.07, 6.45) is 4.29. The van der Waals surface area contributed by atoms with Gasteiger partial charge in [0.2, 0.25) is 11.8 Å². The van der Waals surface area contributed by atoms with Crippen molar-refractivity contribution in [1.29, 1.82) is 0 Å². The monoisotopic (exact) mass is 296 g/mol. The number of rotatable bonds is 4. The molecule has 0 N–H and O–H groups in total. The molecule has 0 bridgehead atoms. The average molecular weight is 296 g/mol. The fourth-order valence-electron chi connectivity index (χ4n) is 2.77. The second-order valence-corrected chi connectivity index (χ2v) is 5.76. The smallest absolute Gasteiger partial charge is 0.306 e. The number of amides is 2. The van der Waals surface area contributed by atoms with Crippen LogP contribution in [0, 0.1) is 5.92 Å². The van der Waals surface area contributed by atoms with Crippen LogP contribution < -0.4 is 0 Å². The fourth-order valence-corrected chi connectivity index (χ4v) is 2.77. The second-order valence-electron chi connectivity index (χ2n) is 5.76. The summed E-state index contributed by atoms with van der Waals surface area (Å²) in [5.74, 6) is 0.0787. The van der Waals surface area contributed by atoms with Crippen LogP contribution in [0.25, 0.3) is 0 Å². The highest BCUT2D eigenvalue weighted by atomic mass is 16.5. The van der Waals surface area contributed by atoms with E-state index in [4.69, 9.17) is 0 Å². The van der Waals surface area contributed by atoms with Crippen molar-refractivity contribution in [2.45, 2.75) is 38.5 Å². The molecular formula is C15H24N2O4. The van der Waals surface area contributed by atoms with Crippen molar-refractivity contribution in [2.75, 3.05) is 33.3 Å². The molecule has 1 heterocycles. The van der Waals surface area contributed by atoms with Gasteiger partial charge >= 0.3 is 5.97 Å². The van der Waals surface area contributed by atoms with Crippen LogP contribution in [0.5, 0.6) is 0 Å². The minimum atomic E-state index is -0.361. The Kier molecular flexibility index (Phi) is 5.59. The van der Waals surface area contributed by atoms with Crippen LogP contribution in [-0.4, -0.2) is 60.9 Å². The zero-order valence-electron chi connectivity index (χ0n) is 12.7. The van der Waals surface area contributed by atoms with Gasteiger partial charge < -0.3 is 14.5 Å². The lowest BCUT2D eigenvalue weighted by atomic mass is 9.84. The maximum Gasteiger partial charge on any atom is 0.306 e. The first-order chi connectivity index (χ1) is 10.1. The zero-order valence-corrected chi connectivity index (χ0v) is 12.7. The lowest BCUT2D eigenvalue weighted by Crippen LogP contribution is -2.41. The summed E-state index contributed by atoms with van der Waals surface area (Å²) in [5.41, 5.74) is 0. The summed E-state index contributed by atoms with van der Waals surface area (Å²) in [6, 6.07) is 0. The first kappa shape index (κ1) is 15.8. The van der Waals surface area contributed by atoms with Crippen molar-refractivity contribution >= 4 is 17.8 Å². The average Bonchev–Trinajstić information content (AvgIpc) is 2.68. The van der Waals surface area contributed by atoms with Crippen LogP contribution in [0.4, 0.5) is 0 Å². The quantitative estimate of drug-likeness (QED) is 0.720. The van der Waals surface area contributed by atoms with E-state index in [2.05, 4.69) is 4.74 Å². The predicted octanol–water partition coefficient (Wildman–Crippen LogP) is 0.801. The molecule has 1 aliphatic carbocycles. The topological polar surface area (TPSA) is 66.9 Å². The third-order valence-electron chi connectivity index (χ3n) is 4.39. The van der Waals surface area contributed by atoms with Crippen molar-refractivity contribution in [3.05, 3.63) is 0 Å². The first-order valence-corrected chi connectivity index (χ1v) is 7.75. The molecule has 0 atom stereocenters. The van der Waals surface area contributed by atoms with Crippen LogP contribution in [0.2, 0.25) is 0 Å². The summed E-state index contributed by atoms with van der Waals surface area (Å²) >= 11 is 0. The van der Waals surface area contributed by atoms with E-state index in [0.717, 1.165) is 32.2 Å². The number of hydrogen-bond acceptors (Lipinski definition) is 4. The fraction of sp³-hybridized carbons (Fsp3) is 0.800. The zero-order chi connectivity index (χ0) is 15.2. The largest absolute Gasteiger partial charge is 0.469 e. The van der Waals surface area contributed by atoms with Crippen LogP contribution in [0.1, 0.15) is 38.5 Å². The predicted molar refractivity (Wildman–Crippen MR) is 76.4 cm³/mol. The Morgan fingerprint density at radius 1 is 0.952 bits per heavy atom. The third-order valence-corrected chi connectivity index (χ3v) is 4.39. The Labute approximate surface area is 125 Å². The van der Waals surface area contributed by atoms with E-state index in [1.54, 1.807) is 4.90 Å². The lowest BCUT2D eigenvalue weighted by molar-refractivity contribution is -0.143. The van der Waals surface area contributed by atoms with Gasteiger partial charge in [-0.15, -0.1) is 0 Å². The van der Waals surface area contributed by atoms with Crippen LogP contribution >= 0.6 is 0 Å². The van der Waals surface area contributed by atoms with E-state index in [1.165, 1.54) is 7.11 Å². The Balaban J connectivity index is 1.78. The number of hydrogen-bond donors (Lipinski definition) is 0. The molecule has 2 fully saturated rings. The molecule has 6 heteroatoms. The standard InChI is InChI=1S/C15H24N2O4/c1-21-14(19)7-6-13(18)16-8-3-9-17(11-10-16)15(20)12-4-2-5-12/h12H,2-11H2,1H3. The molecule has 2 amide bonds. The van der Waals surface area contributed by atoms with Gasteiger partial charge in [-0.1, -0.05) is 6.42 Å². The van der Waals surface area contributed by atoms with Crippen LogP contribution in [0.15, 0.2) is 0 Å². The molecule has 21 heavy (non-hydrogen) atoms. The highest BCUT2D eigenvalue weighted by molar-refractivity contribution is 5.82. The molecule has 1 saturated heterocycles. The molecule has 0 aromatic carbocycles. The van der Waals surface area contributed by atoms with Gasteiger partial charge in [0.15, 0.2) is 0 Å². The summed E-state index contributed by atoms with van der Waals surface area (Å²) in [5, 5.41) is 0. The highest BCUT2D eigenvalue weighted by Crippen LogP contribution is 2.28. The SMILES string of the molecule is COC(=O)CCC(=O)N1CCCN(C(=O)C2CCC2)CC1. The molecule has 1 saturated carbocycles. The molecule has 0 aromatic rings. The highest BCUT2D eigenvalue weighted by Gasteiger charge is 2.30. The van der Waals surface area contributed by atoms with Gasteiger partial charge in [0.1, 0.15) is 0 Å². The maximum absolute atomic E-state index is 12.2. The lowest BCUT2D eigenvalue weighted by Gasteiger charge is -2.31. The minimum absolute atomic E-state index is 0.0293. The summed E-state index contributed by atoms with van der Waals surface area (Å²) in [6.45, 7) is 2.57. The third kappa shape index (κ3) is 4.19. The van der Waals surface area contributed by atoms with Crippen molar-refractivity contribution in [3.8, 4) is 0 Å². The first-order valence-electron chi connectivity index (χ1n) is 7.75. The summed E-state index contributed by atoms with van der Waals surface area (Å²) in [7, 11) is 1.32. The number of methoxy groups -OCH3 is 1. The molecule has 6 nitrogen and oxygen atoms in total. The van der Waals surface area contributed by atoms with Crippen molar-refractivity contribution < 1.29 is 19.1 Å². The summed E-state index contributed by atoms with van der Waals surface area (Å²) in [4.78, 5) is 39.0. The number of nitrogens with zero attached hydrogens (tertiary/aromatic N) is 2. The van der Waals surface area contributed by atoms with Gasteiger partial charge in [-0.05, 0) is 19.3 Å². The molecule has 0 radical (unpaired) electrons. The number of ether oxygens (including phenoxy) is 1. The molecule has 1 aliphatic heterocycles. The summed E-state index contributed by atoms with van der Waals surface area (Å²) < 4.78 is 4.54. The molecule has 2 aliphatic rings. The van der Waals surface area contributed by atoms with E-state index >= 15 is 0 Å². The number of carbonyl (C=O) groups excluding carboxylic acids is 3. The van der Waals surface area contributed by atoms with Crippen molar-refractivity contribution in [1.82, 2.24) is 9.80 Å². The second kappa shape index (κ2) is 7.43. The Morgan fingerprint density at radius 3 is 2.24 bits per heavy atom. The van der Waals surface area contributed by atoms with E-state index in [9.17, 15) is 14.4 Å². The molecule has 2 rings (SSSR count). The van der Waals surface area contributed by atoms with Crippen LogP contribution in [-0.2, 0) is 19.1 Å². The van der Waals surface area contributed by atoms with E-state index in [1.807, 2.05) is 4.90 Å². The van der Waals surface area contributed by atoms with Crippen molar-refractivity contribution in [2.24, 2.45) is 5.92 Å². The minimum Gasteiger partial charge on any atom is -0.469 e. The molecular weight excluding hydrogens is 272 g/mol. The Morgan fingerprint density at radius 2 is 1.62 bits per heavy atom. The molecule has 0 aromatic heterocycles. The van der Waals surface area contributed by atoms with E-state index < -0.39 is 0 Å². The van der Waals surface area contributed by atoms with Gasteiger partial charge in [0, 0.05) is 38.5 Å². The molecule has 0 spiro atoms. The van der Waals surface area contributed by atoms with Gasteiger partial charge in [0.05, 0.1) is 13.5 Å². The van der Waals surface area contributed by atoms with Gasteiger partial charge in [0.25, 0.3) is 0 Å². The molecule has 0 unspecified atom stereocenters. The number of esters is 1. The Hall–Kier alpha value is -1.59. The maximum atomic E-state index is 12.2. The molecule has 118 valence electrons. The van der Waals surface area contributed by atoms with E-state index in [-0.39, 0.29) is 36.5 Å². The van der Waals surface area contributed by atoms with Gasteiger partial charge in [-0.2, -0.15) is 0 Å². The van der Waals surface area contributed by atoms with Gasteiger partial charge in [-0.25, -0.2) is 0 Å². The van der Waals surface area contributed by atoms with Crippen LogP contribution in [0.3, 0.4) is 0 Å². The number of carbonyl (C=O) groups is 3.